The molecule has 6 heteroatoms. The molecule has 6 nitrogen and oxygen atoms in total. The number of likely N-dealkylation sites (tertiary alicyclic amines) is 1. The highest BCUT2D eigenvalue weighted by Crippen LogP contribution is 2.24. The first-order chi connectivity index (χ1) is 9.49. The van der Waals surface area contributed by atoms with E-state index in [-0.39, 0.29) is 11.6 Å². The molecule has 1 fully saturated rings. The number of nitro groups is 1. The fourth-order valence-electron chi connectivity index (χ4n) is 2.48. The Kier molecular flexibility index (Phi) is 4.34. The van der Waals surface area contributed by atoms with Gasteiger partial charge in [0.1, 0.15) is 0 Å². The lowest BCUT2D eigenvalue weighted by Crippen LogP contribution is -2.43. The van der Waals surface area contributed by atoms with Gasteiger partial charge >= 0.3 is 0 Å². The summed E-state index contributed by atoms with van der Waals surface area (Å²) in [6.45, 7) is 2.72. The van der Waals surface area contributed by atoms with Crippen LogP contribution in [0, 0.1) is 10.1 Å². The Morgan fingerprint density at radius 3 is 2.95 bits per heavy atom. The van der Waals surface area contributed by atoms with Crippen molar-refractivity contribution in [1.82, 2.24) is 4.90 Å². The van der Waals surface area contributed by atoms with Gasteiger partial charge in [-0.15, -0.1) is 0 Å². The van der Waals surface area contributed by atoms with Crippen molar-refractivity contribution in [3.8, 4) is 0 Å². The van der Waals surface area contributed by atoms with Crippen LogP contribution in [0.25, 0.3) is 0 Å². The van der Waals surface area contributed by atoms with Crippen molar-refractivity contribution in [3.05, 3.63) is 39.9 Å². The molecule has 1 aliphatic rings. The SMILES string of the molecule is CC(C(=O)N1CCCC(O)C1)c1cccc([N+](=O)[O-])c1. The maximum Gasteiger partial charge on any atom is 0.269 e. The maximum atomic E-state index is 12.4. The summed E-state index contributed by atoms with van der Waals surface area (Å²) in [7, 11) is 0. The lowest BCUT2D eigenvalue weighted by molar-refractivity contribution is -0.384. The number of carbonyl (C=O) groups is 1. The van der Waals surface area contributed by atoms with E-state index in [4.69, 9.17) is 0 Å². The predicted molar refractivity (Wildman–Crippen MR) is 73.3 cm³/mol. The zero-order valence-electron chi connectivity index (χ0n) is 11.4. The van der Waals surface area contributed by atoms with E-state index < -0.39 is 16.9 Å². The molecular formula is C14H18N2O4. The van der Waals surface area contributed by atoms with Crippen LogP contribution in [-0.4, -0.2) is 40.0 Å². The second-order valence-electron chi connectivity index (χ2n) is 5.15. The molecule has 1 saturated heterocycles. The summed E-state index contributed by atoms with van der Waals surface area (Å²) in [4.78, 5) is 24.3. The van der Waals surface area contributed by atoms with Crippen molar-refractivity contribution in [3.63, 3.8) is 0 Å². The van der Waals surface area contributed by atoms with Crippen LogP contribution in [0.5, 0.6) is 0 Å². The summed E-state index contributed by atoms with van der Waals surface area (Å²) in [5.41, 5.74) is 0.616. The minimum Gasteiger partial charge on any atom is -0.391 e. The summed E-state index contributed by atoms with van der Waals surface area (Å²) >= 11 is 0. The monoisotopic (exact) mass is 278 g/mol. The van der Waals surface area contributed by atoms with Gasteiger partial charge in [0.2, 0.25) is 5.91 Å². The third-order valence-corrected chi connectivity index (χ3v) is 3.66. The topological polar surface area (TPSA) is 83.7 Å². The van der Waals surface area contributed by atoms with E-state index in [9.17, 15) is 20.0 Å². The number of aliphatic hydroxyl groups is 1. The first-order valence-electron chi connectivity index (χ1n) is 6.70. The molecule has 0 aromatic heterocycles. The number of rotatable bonds is 3. The number of nitro benzene ring substituents is 1. The third-order valence-electron chi connectivity index (χ3n) is 3.66. The van der Waals surface area contributed by atoms with Crippen LogP contribution >= 0.6 is 0 Å². The number of amides is 1. The standard InChI is InChI=1S/C14H18N2O4/c1-10(11-4-2-5-12(8-11)16(19)20)14(18)15-7-3-6-13(17)9-15/h2,4-5,8,10,13,17H,3,6-7,9H2,1H3. The van der Waals surface area contributed by atoms with Crippen LogP contribution in [0.3, 0.4) is 0 Å². The van der Waals surface area contributed by atoms with E-state index in [1.54, 1.807) is 24.0 Å². The van der Waals surface area contributed by atoms with Gasteiger partial charge in [-0.25, -0.2) is 0 Å². The van der Waals surface area contributed by atoms with Crippen molar-refractivity contribution in [2.45, 2.75) is 31.8 Å². The van der Waals surface area contributed by atoms with Crippen molar-refractivity contribution in [2.75, 3.05) is 13.1 Å². The first-order valence-corrected chi connectivity index (χ1v) is 6.70. The molecule has 2 atom stereocenters. The Labute approximate surface area is 117 Å². The van der Waals surface area contributed by atoms with Gasteiger partial charge in [0.25, 0.3) is 5.69 Å². The van der Waals surface area contributed by atoms with Gasteiger partial charge in [0.05, 0.1) is 16.9 Å². The molecule has 1 aromatic carbocycles. The van der Waals surface area contributed by atoms with Gasteiger partial charge in [-0.05, 0) is 25.3 Å². The summed E-state index contributed by atoms with van der Waals surface area (Å²) in [6, 6.07) is 6.15. The number of β-amino-alcohol motifs (C(OH)–C–C–N with tert-alkyl or cyclic N) is 1. The maximum absolute atomic E-state index is 12.4. The van der Waals surface area contributed by atoms with Crippen LogP contribution in [0.2, 0.25) is 0 Å². The van der Waals surface area contributed by atoms with E-state index in [0.717, 1.165) is 12.8 Å². The summed E-state index contributed by atoms with van der Waals surface area (Å²) in [5.74, 6) is -0.538. The summed E-state index contributed by atoms with van der Waals surface area (Å²) in [5, 5.41) is 20.4. The third kappa shape index (κ3) is 3.14. The largest absolute Gasteiger partial charge is 0.391 e. The number of hydrogen-bond acceptors (Lipinski definition) is 4. The number of hydrogen-bond donors (Lipinski definition) is 1. The number of benzene rings is 1. The van der Waals surface area contributed by atoms with Gasteiger partial charge in [-0.1, -0.05) is 12.1 Å². The van der Waals surface area contributed by atoms with Crippen molar-refractivity contribution in [2.24, 2.45) is 0 Å². The molecule has 2 rings (SSSR count). The fourth-order valence-corrected chi connectivity index (χ4v) is 2.48. The number of aliphatic hydroxyl groups excluding tert-OH is 1. The molecule has 1 amide bonds. The minimum atomic E-state index is -0.468. The molecule has 0 radical (unpaired) electrons. The van der Waals surface area contributed by atoms with E-state index in [1.807, 2.05) is 0 Å². The van der Waals surface area contributed by atoms with E-state index in [2.05, 4.69) is 0 Å². The van der Waals surface area contributed by atoms with E-state index in [0.29, 0.717) is 18.7 Å². The van der Waals surface area contributed by atoms with E-state index in [1.165, 1.54) is 12.1 Å². The second-order valence-corrected chi connectivity index (χ2v) is 5.15. The molecule has 108 valence electrons. The Balaban J connectivity index is 2.13. The van der Waals surface area contributed by atoms with Crippen LogP contribution in [0.15, 0.2) is 24.3 Å². The molecule has 0 bridgehead atoms. The highest BCUT2D eigenvalue weighted by molar-refractivity contribution is 5.83. The lowest BCUT2D eigenvalue weighted by atomic mass is 9.97. The van der Waals surface area contributed by atoms with Gasteiger partial charge in [0.15, 0.2) is 0 Å². The van der Waals surface area contributed by atoms with Crippen LogP contribution < -0.4 is 0 Å². The van der Waals surface area contributed by atoms with Gasteiger partial charge in [0, 0.05) is 25.2 Å². The zero-order valence-corrected chi connectivity index (χ0v) is 11.4. The Morgan fingerprint density at radius 2 is 2.30 bits per heavy atom. The number of carbonyl (C=O) groups excluding carboxylic acids is 1. The Morgan fingerprint density at radius 1 is 1.55 bits per heavy atom. The van der Waals surface area contributed by atoms with Crippen molar-refractivity contribution >= 4 is 11.6 Å². The number of non-ortho nitro benzene ring substituents is 1. The second kappa shape index (κ2) is 6.00. The number of piperidine rings is 1. The lowest BCUT2D eigenvalue weighted by Gasteiger charge is -2.32. The molecule has 2 unspecified atom stereocenters. The molecule has 1 heterocycles. The summed E-state index contributed by atoms with van der Waals surface area (Å²) < 4.78 is 0. The zero-order chi connectivity index (χ0) is 14.7. The average Bonchev–Trinajstić information content (AvgIpc) is 2.45. The van der Waals surface area contributed by atoms with Crippen molar-refractivity contribution < 1.29 is 14.8 Å². The molecule has 0 aliphatic carbocycles. The quantitative estimate of drug-likeness (QED) is 0.673. The van der Waals surface area contributed by atoms with Crippen LogP contribution in [-0.2, 0) is 4.79 Å². The summed E-state index contributed by atoms with van der Waals surface area (Å²) in [6.07, 6.45) is 1.04. The van der Waals surface area contributed by atoms with Gasteiger partial charge < -0.3 is 10.0 Å². The minimum absolute atomic E-state index is 0.0131. The Bertz CT molecular complexity index is 518. The van der Waals surface area contributed by atoms with Crippen LogP contribution in [0.4, 0.5) is 5.69 Å². The predicted octanol–water partition coefficient (Wildman–Crippen LogP) is 1.68. The molecule has 1 N–H and O–H groups in total. The molecule has 1 aromatic rings. The highest BCUT2D eigenvalue weighted by atomic mass is 16.6. The molecule has 1 aliphatic heterocycles. The first kappa shape index (κ1) is 14.5. The number of nitrogens with zero attached hydrogens (tertiary/aromatic N) is 2. The van der Waals surface area contributed by atoms with Gasteiger partial charge in [-0.2, -0.15) is 0 Å². The van der Waals surface area contributed by atoms with E-state index >= 15 is 0 Å². The normalized spacial score (nSPS) is 20.5. The van der Waals surface area contributed by atoms with Crippen LogP contribution in [0.1, 0.15) is 31.2 Å². The highest BCUT2D eigenvalue weighted by Gasteiger charge is 2.27. The molecule has 0 spiro atoms. The van der Waals surface area contributed by atoms with Gasteiger partial charge in [-0.3, -0.25) is 14.9 Å². The average molecular weight is 278 g/mol. The molecule has 20 heavy (non-hydrogen) atoms. The molecular weight excluding hydrogens is 260 g/mol. The van der Waals surface area contributed by atoms with Crippen molar-refractivity contribution in [1.29, 1.82) is 0 Å². The smallest absolute Gasteiger partial charge is 0.269 e. The molecule has 0 saturated carbocycles. The Hall–Kier alpha value is -1.95. The fraction of sp³-hybridized carbons (Fsp3) is 0.500.